The van der Waals surface area contributed by atoms with Crippen LogP contribution in [0.25, 0.3) is 0 Å². The maximum atomic E-state index is 11.5. The zero-order chi connectivity index (χ0) is 14.6. The molecule has 1 amide bonds. The normalized spacial score (nSPS) is 19.6. The smallest absolute Gasteiger partial charge is 0.238 e. The molecule has 5 heteroatoms. The van der Waals surface area contributed by atoms with E-state index < -0.39 is 5.54 Å². The molecule has 0 bridgehead atoms. The van der Waals surface area contributed by atoms with Gasteiger partial charge in [-0.25, -0.2) is 0 Å². The Balaban J connectivity index is 1.90. The summed E-state index contributed by atoms with van der Waals surface area (Å²) < 4.78 is 0. The number of rotatable bonds is 5. The van der Waals surface area contributed by atoms with E-state index in [1.807, 2.05) is 13.0 Å². The number of anilines is 1. The molecule has 3 N–H and O–H groups in total. The van der Waals surface area contributed by atoms with E-state index in [4.69, 9.17) is 5.73 Å². The van der Waals surface area contributed by atoms with Crippen molar-refractivity contribution >= 4 is 11.6 Å². The minimum atomic E-state index is -0.658. The number of benzene rings is 1. The summed E-state index contributed by atoms with van der Waals surface area (Å²) in [5, 5.41) is 3.04. The second kappa shape index (κ2) is 6.24. The molecule has 2 rings (SSSR count). The third-order valence-corrected chi connectivity index (χ3v) is 4.13. The minimum Gasteiger partial charge on any atom is -0.369 e. The Morgan fingerprint density at radius 3 is 2.35 bits per heavy atom. The molecule has 1 heterocycles. The molecule has 1 aromatic carbocycles. The molecule has 1 atom stereocenters. The predicted octanol–water partition coefficient (Wildman–Crippen LogP) is 0.272. The first-order valence-corrected chi connectivity index (χ1v) is 7.06. The highest BCUT2D eigenvalue weighted by Crippen LogP contribution is 2.16. The minimum absolute atomic E-state index is 0.300. The number of nitrogens with one attached hydrogen (secondary N) is 1. The third-order valence-electron chi connectivity index (χ3n) is 4.13. The van der Waals surface area contributed by atoms with Crippen LogP contribution in [0.4, 0.5) is 5.69 Å². The Morgan fingerprint density at radius 1 is 1.25 bits per heavy atom. The molecule has 0 spiro atoms. The topological polar surface area (TPSA) is 61.6 Å². The number of carbonyl (C=O) groups is 1. The summed E-state index contributed by atoms with van der Waals surface area (Å²) >= 11 is 0. The zero-order valence-corrected chi connectivity index (χ0v) is 12.3. The first-order valence-electron chi connectivity index (χ1n) is 7.06. The van der Waals surface area contributed by atoms with Gasteiger partial charge in [0.2, 0.25) is 5.91 Å². The van der Waals surface area contributed by atoms with E-state index in [-0.39, 0.29) is 5.91 Å². The van der Waals surface area contributed by atoms with E-state index in [1.165, 1.54) is 5.69 Å². The summed E-state index contributed by atoms with van der Waals surface area (Å²) in [6.07, 6.45) is 0. The van der Waals surface area contributed by atoms with Gasteiger partial charge in [0.15, 0.2) is 0 Å². The molecule has 0 aliphatic carbocycles. The number of hydrogen-bond acceptors (Lipinski definition) is 4. The van der Waals surface area contributed by atoms with Crippen LogP contribution >= 0.6 is 0 Å². The van der Waals surface area contributed by atoms with Gasteiger partial charge in [0.05, 0.1) is 0 Å². The average Bonchev–Trinajstić information content (AvgIpc) is 2.48. The lowest BCUT2D eigenvalue weighted by Crippen LogP contribution is -2.60. The maximum absolute atomic E-state index is 11.5. The molecule has 0 aromatic heterocycles. The average molecular weight is 276 g/mol. The van der Waals surface area contributed by atoms with E-state index in [9.17, 15) is 4.79 Å². The number of primary amides is 1. The van der Waals surface area contributed by atoms with E-state index in [0.29, 0.717) is 6.54 Å². The maximum Gasteiger partial charge on any atom is 0.238 e. The number of piperazine rings is 1. The Kier molecular flexibility index (Phi) is 4.62. The number of carbonyl (C=O) groups excluding carboxylic acids is 1. The molecular formula is C15H24N4O. The molecule has 1 aliphatic heterocycles. The molecule has 1 aromatic rings. The van der Waals surface area contributed by atoms with Gasteiger partial charge in [-0.1, -0.05) is 18.2 Å². The van der Waals surface area contributed by atoms with Gasteiger partial charge in [-0.15, -0.1) is 0 Å². The van der Waals surface area contributed by atoms with Gasteiger partial charge in [0.1, 0.15) is 5.54 Å². The molecule has 20 heavy (non-hydrogen) atoms. The number of hydrogen-bond donors (Lipinski definition) is 2. The van der Waals surface area contributed by atoms with Crippen LogP contribution in [-0.2, 0) is 4.79 Å². The fraction of sp³-hybridized carbons (Fsp3) is 0.533. The second-order valence-corrected chi connectivity index (χ2v) is 5.55. The van der Waals surface area contributed by atoms with Crippen molar-refractivity contribution in [3.05, 3.63) is 30.3 Å². The lowest BCUT2D eigenvalue weighted by atomic mass is 10.0. The first-order chi connectivity index (χ1) is 9.55. The number of nitrogens with two attached hydrogens (primary N) is 1. The van der Waals surface area contributed by atoms with Gasteiger partial charge in [-0.2, -0.15) is 0 Å². The zero-order valence-electron chi connectivity index (χ0n) is 12.3. The Labute approximate surface area is 120 Å². The van der Waals surface area contributed by atoms with Crippen LogP contribution < -0.4 is 16.0 Å². The number of likely N-dealkylation sites (N-methyl/N-ethyl adjacent to an activating group) is 1. The molecule has 1 fully saturated rings. The van der Waals surface area contributed by atoms with Crippen LogP contribution in [0.5, 0.6) is 0 Å². The van der Waals surface area contributed by atoms with Gasteiger partial charge < -0.3 is 16.0 Å². The number of nitrogens with zero attached hydrogens (tertiary/aromatic N) is 2. The molecule has 1 saturated heterocycles. The standard InChI is InChI=1S/C15H24N4O/c1-15(17-2,14(16)20)12-18-8-10-19(11-9-18)13-6-4-3-5-7-13/h3-7,17H,8-12H2,1-2H3,(H2,16,20). The molecule has 5 nitrogen and oxygen atoms in total. The first kappa shape index (κ1) is 14.8. The van der Waals surface area contributed by atoms with Crippen molar-refractivity contribution in [1.82, 2.24) is 10.2 Å². The van der Waals surface area contributed by atoms with Crippen molar-refractivity contribution in [1.29, 1.82) is 0 Å². The van der Waals surface area contributed by atoms with E-state index in [0.717, 1.165) is 26.2 Å². The monoisotopic (exact) mass is 276 g/mol. The van der Waals surface area contributed by atoms with Gasteiger partial charge in [0, 0.05) is 38.4 Å². The predicted molar refractivity (Wildman–Crippen MR) is 81.8 cm³/mol. The van der Waals surface area contributed by atoms with Crippen molar-refractivity contribution in [2.24, 2.45) is 5.73 Å². The van der Waals surface area contributed by atoms with E-state index >= 15 is 0 Å². The quantitative estimate of drug-likeness (QED) is 0.810. The van der Waals surface area contributed by atoms with Gasteiger partial charge in [0.25, 0.3) is 0 Å². The van der Waals surface area contributed by atoms with Crippen LogP contribution in [0.15, 0.2) is 30.3 Å². The van der Waals surface area contributed by atoms with Crippen molar-refractivity contribution in [2.45, 2.75) is 12.5 Å². The highest BCUT2D eigenvalue weighted by molar-refractivity contribution is 5.84. The molecule has 0 saturated carbocycles. The summed E-state index contributed by atoms with van der Waals surface area (Å²) in [5.74, 6) is -0.300. The van der Waals surface area contributed by atoms with Gasteiger partial charge in [-0.3, -0.25) is 9.69 Å². The largest absolute Gasteiger partial charge is 0.369 e. The van der Waals surface area contributed by atoms with Crippen molar-refractivity contribution < 1.29 is 4.79 Å². The fourth-order valence-electron chi connectivity index (χ4n) is 2.53. The Bertz CT molecular complexity index is 442. The number of para-hydroxylation sites is 1. The van der Waals surface area contributed by atoms with Crippen LogP contribution in [0.2, 0.25) is 0 Å². The van der Waals surface area contributed by atoms with Crippen molar-refractivity contribution in [3.8, 4) is 0 Å². The number of amides is 1. The summed E-state index contributed by atoms with van der Waals surface area (Å²) in [4.78, 5) is 16.2. The van der Waals surface area contributed by atoms with Crippen molar-refractivity contribution in [3.63, 3.8) is 0 Å². The van der Waals surface area contributed by atoms with E-state index in [2.05, 4.69) is 39.4 Å². The summed E-state index contributed by atoms with van der Waals surface area (Å²) in [7, 11) is 1.78. The summed E-state index contributed by atoms with van der Waals surface area (Å²) in [6.45, 7) is 6.35. The van der Waals surface area contributed by atoms with Gasteiger partial charge >= 0.3 is 0 Å². The van der Waals surface area contributed by atoms with E-state index in [1.54, 1.807) is 7.05 Å². The molecular weight excluding hydrogens is 252 g/mol. The Morgan fingerprint density at radius 2 is 1.85 bits per heavy atom. The van der Waals surface area contributed by atoms with Crippen LogP contribution in [0.1, 0.15) is 6.92 Å². The Hall–Kier alpha value is -1.59. The fourth-order valence-corrected chi connectivity index (χ4v) is 2.53. The molecule has 110 valence electrons. The van der Waals surface area contributed by atoms with Crippen molar-refractivity contribution in [2.75, 3.05) is 44.7 Å². The third kappa shape index (κ3) is 3.29. The van der Waals surface area contributed by atoms with Crippen LogP contribution in [0, 0.1) is 0 Å². The lowest BCUT2D eigenvalue weighted by molar-refractivity contribution is -0.124. The highest BCUT2D eigenvalue weighted by Gasteiger charge is 2.32. The molecule has 0 radical (unpaired) electrons. The van der Waals surface area contributed by atoms with Crippen LogP contribution in [0.3, 0.4) is 0 Å². The lowest BCUT2D eigenvalue weighted by Gasteiger charge is -2.39. The second-order valence-electron chi connectivity index (χ2n) is 5.55. The molecule has 1 aliphatic rings. The summed E-state index contributed by atoms with van der Waals surface area (Å²) in [6, 6.07) is 10.4. The highest BCUT2D eigenvalue weighted by atomic mass is 16.1. The SMILES string of the molecule is CNC(C)(CN1CCN(c2ccccc2)CC1)C(N)=O. The summed E-state index contributed by atoms with van der Waals surface area (Å²) in [5.41, 5.74) is 6.08. The van der Waals surface area contributed by atoms with Crippen LogP contribution in [-0.4, -0.2) is 56.1 Å². The molecule has 1 unspecified atom stereocenters. The van der Waals surface area contributed by atoms with Gasteiger partial charge in [-0.05, 0) is 26.1 Å².